The van der Waals surface area contributed by atoms with Gasteiger partial charge in [0.1, 0.15) is 12.4 Å². The van der Waals surface area contributed by atoms with Gasteiger partial charge < -0.3 is 33.3 Å². The first kappa shape index (κ1) is 29.1. The molecule has 0 fully saturated rings. The van der Waals surface area contributed by atoms with Crippen molar-refractivity contribution in [3.05, 3.63) is 81.4 Å². The molecule has 1 amide bonds. The minimum absolute atomic E-state index is 0.0362. The van der Waals surface area contributed by atoms with E-state index in [4.69, 9.17) is 28.4 Å². The number of hydrogen-bond acceptors (Lipinski definition) is 9. The fourth-order valence-corrected chi connectivity index (χ4v) is 4.77. The number of carbonyl (C=O) groups excluding carboxylic acids is 1. The summed E-state index contributed by atoms with van der Waals surface area (Å²) in [6.45, 7) is 0.555. The highest BCUT2D eigenvalue weighted by Gasteiger charge is 2.32. The average Bonchev–Trinajstić information content (AvgIpc) is 3.00. The Bertz CT molecular complexity index is 1410. The third kappa shape index (κ3) is 6.29. The van der Waals surface area contributed by atoms with Crippen LogP contribution < -0.4 is 28.4 Å². The topological polar surface area (TPSA) is 119 Å². The summed E-state index contributed by atoms with van der Waals surface area (Å²) in [7, 11) is 7.71. The minimum Gasteiger partial charge on any atom is -0.493 e. The van der Waals surface area contributed by atoms with Crippen molar-refractivity contribution in [2.75, 3.05) is 48.7 Å². The van der Waals surface area contributed by atoms with Gasteiger partial charge in [-0.3, -0.25) is 14.9 Å². The molecule has 0 radical (unpaired) electrons. The van der Waals surface area contributed by atoms with E-state index in [2.05, 4.69) is 0 Å². The summed E-state index contributed by atoms with van der Waals surface area (Å²) < 4.78 is 33.3. The van der Waals surface area contributed by atoms with E-state index in [-0.39, 0.29) is 18.2 Å². The second kappa shape index (κ2) is 12.9. The van der Waals surface area contributed by atoms with E-state index in [1.54, 1.807) is 37.3 Å². The van der Waals surface area contributed by atoms with Crippen LogP contribution in [-0.4, -0.2) is 64.4 Å². The molecule has 0 bridgehead atoms. The molecule has 4 rings (SSSR count). The van der Waals surface area contributed by atoms with E-state index in [9.17, 15) is 14.9 Å². The Hall–Kier alpha value is -4.93. The number of carbonyl (C=O) groups is 1. The lowest BCUT2D eigenvalue weighted by molar-refractivity contribution is -0.384. The predicted octanol–water partition coefficient (Wildman–Crippen LogP) is 4.86. The van der Waals surface area contributed by atoms with Crippen molar-refractivity contribution < 1.29 is 38.1 Å². The summed E-state index contributed by atoms with van der Waals surface area (Å²) in [5, 5.41) is 11.0. The van der Waals surface area contributed by atoms with E-state index >= 15 is 0 Å². The van der Waals surface area contributed by atoms with Gasteiger partial charge in [-0.25, -0.2) is 0 Å². The van der Waals surface area contributed by atoms with Gasteiger partial charge in [0.05, 0.1) is 46.5 Å². The number of nitrogens with zero attached hydrogens (tertiary/aromatic N) is 2. The van der Waals surface area contributed by atoms with Crippen LogP contribution in [-0.2, 0) is 11.2 Å². The van der Waals surface area contributed by atoms with Crippen LogP contribution in [0.2, 0.25) is 0 Å². The maximum Gasteiger partial charge on any atom is 0.269 e. The first-order valence-corrected chi connectivity index (χ1v) is 12.7. The number of nitro benzene ring substituents is 1. The van der Waals surface area contributed by atoms with Crippen LogP contribution in [0.1, 0.15) is 22.7 Å². The number of hydrogen-bond donors (Lipinski definition) is 0. The lowest BCUT2D eigenvalue weighted by Crippen LogP contribution is -2.41. The normalized spacial score (nSPS) is 14.3. The van der Waals surface area contributed by atoms with Crippen molar-refractivity contribution in [1.82, 2.24) is 4.90 Å². The quantitative estimate of drug-likeness (QED) is 0.183. The van der Waals surface area contributed by atoms with Crippen molar-refractivity contribution >= 4 is 17.7 Å². The molecule has 1 aliphatic heterocycles. The number of rotatable bonds is 11. The third-order valence-electron chi connectivity index (χ3n) is 6.85. The summed E-state index contributed by atoms with van der Waals surface area (Å²) in [6.07, 6.45) is 3.78. The maximum atomic E-state index is 13.6. The summed E-state index contributed by atoms with van der Waals surface area (Å²) in [6, 6.07) is 12.6. The first-order valence-electron chi connectivity index (χ1n) is 12.7. The average molecular weight is 565 g/mol. The highest BCUT2D eigenvalue weighted by atomic mass is 16.6. The molecule has 41 heavy (non-hydrogen) atoms. The smallest absolute Gasteiger partial charge is 0.269 e. The molecule has 1 atom stereocenters. The van der Waals surface area contributed by atoms with E-state index in [0.29, 0.717) is 53.0 Å². The molecule has 0 saturated heterocycles. The number of methoxy groups -OCH3 is 5. The van der Waals surface area contributed by atoms with E-state index in [1.807, 2.05) is 12.1 Å². The Morgan fingerprint density at radius 1 is 0.902 bits per heavy atom. The zero-order chi connectivity index (χ0) is 29.5. The number of benzene rings is 3. The molecular weight excluding hydrogens is 532 g/mol. The Morgan fingerprint density at radius 2 is 1.51 bits per heavy atom. The Labute approximate surface area is 237 Å². The second-order valence-electron chi connectivity index (χ2n) is 9.06. The first-order chi connectivity index (χ1) is 19.8. The van der Waals surface area contributed by atoms with Crippen LogP contribution in [0.25, 0.3) is 6.08 Å². The van der Waals surface area contributed by atoms with Gasteiger partial charge in [0.15, 0.2) is 23.0 Å². The van der Waals surface area contributed by atoms with Crippen molar-refractivity contribution in [3.8, 4) is 34.5 Å². The summed E-state index contributed by atoms with van der Waals surface area (Å²) in [4.78, 5) is 25.9. The molecule has 0 aromatic heterocycles. The van der Waals surface area contributed by atoms with Gasteiger partial charge in [0, 0.05) is 24.8 Å². The van der Waals surface area contributed by atoms with Gasteiger partial charge in [-0.2, -0.15) is 0 Å². The minimum atomic E-state index is -0.471. The summed E-state index contributed by atoms with van der Waals surface area (Å²) in [5.41, 5.74) is 2.53. The van der Waals surface area contributed by atoms with Crippen LogP contribution in [0, 0.1) is 10.1 Å². The zero-order valence-corrected chi connectivity index (χ0v) is 23.5. The standard InChI is InChI=1S/C30H32N2O9/c1-36-25-16-20-12-13-31(29(33)11-6-19-14-27(38-3)30(40-5)28(15-19)39-4)24(23(20)17-26(25)37-2)18-41-22-9-7-21(8-10-22)32(34)35/h6-11,14-17,24H,12-13,18H2,1-5H3/b11-6+/t24-/m0/s1. The fraction of sp³-hybridized carbons (Fsp3) is 0.300. The van der Waals surface area contributed by atoms with Crippen LogP contribution in [0.5, 0.6) is 34.5 Å². The largest absolute Gasteiger partial charge is 0.493 e. The van der Waals surface area contributed by atoms with Crippen molar-refractivity contribution in [3.63, 3.8) is 0 Å². The van der Waals surface area contributed by atoms with Crippen molar-refractivity contribution in [2.45, 2.75) is 12.5 Å². The molecule has 0 aliphatic carbocycles. The number of nitro groups is 1. The highest BCUT2D eigenvalue weighted by molar-refractivity contribution is 5.92. The molecule has 3 aromatic rings. The Morgan fingerprint density at radius 3 is 2.07 bits per heavy atom. The van der Waals surface area contributed by atoms with Crippen LogP contribution in [0.15, 0.2) is 54.6 Å². The summed E-state index contributed by atoms with van der Waals surface area (Å²) in [5.74, 6) is 2.76. The van der Waals surface area contributed by atoms with Crippen LogP contribution in [0.4, 0.5) is 5.69 Å². The van der Waals surface area contributed by atoms with E-state index in [1.165, 1.54) is 51.7 Å². The maximum absolute atomic E-state index is 13.6. The molecular formula is C30H32N2O9. The lowest BCUT2D eigenvalue weighted by Gasteiger charge is -2.37. The van der Waals surface area contributed by atoms with Gasteiger partial charge in [-0.1, -0.05) is 0 Å². The molecule has 11 nitrogen and oxygen atoms in total. The molecule has 0 N–H and O–H groups in total. The molecule has 0 unspecified atom stereocenters. The monoisotopic (exact) mass is 564 g/mol. The summed E-state index contributed by atoms with van der Waals surface area (Å²) >= 11 is 0. The number of fused-ring (bicyclic) bond motifs is 1. The van der Waals surface area contributed by atoms with Gasteiger partial charge in [-0.15, -0.1) is 0 Å². The van der Waals surface area contributed by atoms with Crippen molar-refractivity contribution in [2.24, 2.45) is 0 Å². The van der Waals surface area contributed by atoms with Gasteiger partial charge in [-0.05, 0) is 65.6 Å². The molecule has 11 heteroatoms. The number of non-ortho nitro benzene ring substituents is 1. The molecule has 0 saturated carbocycles. The van der Waals surface area contributed by atoms with Gasteiger partial charge >= 0.3 is 0 Å². The van der Waals surface area contributed by atoms with E-state index in [0.717, 1.165) is 11.1 Å². The predicted molar refractivity (Wildman–Crippen MR) is 151 cm³/mol. The van der Waals surface area contributed by atoms with E-state index < -0.39 is 11.0 Å². The highest BCUT2D eigenvalue weighted by Crippen LogP contribution is 2.40. The molecule has 1 heterocycles. The number of ether oxygens (including phenoxy) is 6. The van der Waals surface area contributed by atoms with Gasteiger partial charge in [0.25, 0.3) is 5.69 Å². The molecule has 0 spiro atoms. The molecule has 216 valence electrons. The Kier molecular flexibility index (Phi) is 9.18. The molecule has 1 aliphatic rings. The second-order valence-corrected chi connectivity index (χ2v) is 9.06. The van der Waals surface area contributed by atoms with Gasteiger partial charge in [0.2, 0.25) is 11.7 Å². The Balaban J connectivity index is 1.65. The lowest BCUT2D eigenvalue weighted by atomic mass is 9.92. The fourth-order valence-electron chi connectivity index (χ4n) is 4.77. The van der Waals surface area contributed by atoms with Crippen LogP contribution in [0.3, 0.4) is 0 Å². The third-order valence-corrected chi connectivity index (χ3v) is 6.85. The number of amides is 1. The molecule has 3 aromatic carbocycles. The van der Waals surface area contributed by atoms with Crippen LogP contribution >= 0.6 is 0 Å². The van der Waals surface area contributed by atoms with Crippen molar-refractivity contribution in [1.29, 1.82) is 0 Å². The SMILES string of the molecule is COc1cc2c(cc1OC)[C@H](COc1ccc([N+](=O)[O-])cc1)N(C(=O)/C=C/c1cc(OC)c(OC)c(OC)c1)CC2. The zero-order valence-electron chi connectivity index (χ0n) is 23.5.